The van der Waals surface area contributed by atoms with Gasteiger partial charge in [0.1, 0.15) is 6.04 Å². The van der Waals surface area contributed by atoms with Crippen LogP contribution in [-0.4, -0.2) is 15.7 Å². The van der Waals surface area contributed by atoms with Gasteiger partial charge in [0.05, 0.1) is 0 Å². The molecule has 100 valence electrons. The Hall–Kier alpha value is -1.57. The maximum absolute atomic E-state index is 12.6. The topological polar surface area (TPSA) is 72.9 Å². The standard InChI is InChI=1S/C10H13F3N4O/c1-5(9(18)15-14)17-7(6-2-3-6)4-8(16-17)10(11,12)13/h4-6H,2-3,14H2,1H3,(H,15,18). The molecule has 1 saturated carbocycles. The second-order valence-corrected chi connectivity index (χ2v) is 4.36. The van der Waals surface area contributed by atoms with Crippen molar-refractivity contribution in [2.75, 3.05) is 0 Å². The molecule has 5 nitrogen and oxygen atoms in total. The van der Waals surface area contributed by atoms with Crippen LogP contribution < -0.4 is 11.3 Å². The Bertz CT molecular complexity index is 464. The van der Waals surface area contributed by atoms with Gasteiger partial charge in [-0.3, -0.25) is 14.9 Å². The Labute approximate surface area is 101 Å². The average Bonchev–Trinajstić information content (AvgIpc) is 3.04. The number of hydrogen-bond donors (Lipinski definition) is 2. The van der Waals surface area contributed by atoms with Gasteiger partial charge in [0.25, 0.3) is 5.91 Å². The summed E-state index contributed by atoms with van der Waals surface area (Å²) >= 11 is 0. The summed E-state index contributed by atoms with van der Waals surface area (Å²) in [6.07, 6.45) is -2.87. The molecule has 1 aliphatic rings. The molecule has 1 fully saturated rings. The maximum Gasteiger partial charge on any atom is 0.435 e. The van der Waals surface area contributed by atoms with Crippen LogP contribution in [0.2, 0.25) is 0 Å². The zero-order chi connectivity index (χ0) is 13.5. The molecule has 2 rings (SSSR count). The summed E-state index contributed by atoms with van der Waals surface area (Å²) in [6.45, 7) is 1.46. The molecular weight excluding hydrogens is 249 g/mol. The quantitative estimate of drug-likeness (QED) is 0.490. The van der Waals surface area contributed by atoms with E-state index in [2.05, 4.69) is 5.10 Å². The summed E-state index contributed by atoms with van der Waals surface area (Å²) in [6, 6.07) is 0.152. The van der Waals surface area contributed by atoms with Crippen molar-refractivity contribution in [3.8, 4) is 0 Å². The lowest BCUT2D eigenvalue weighted by Gasteiger charge is -2.13. The molecule has 8 heteroatoms. The molecule has 0 spiro atoms. The average molecular weight is 262 g/mol. The number of hydrogen-bond acceptors (Lipinski definition) is 3. The first-order valence-corrected chi connectivity index (χ1v) is 5.51. The van der Waals surface area contributed by atoms with Gasteiger partial charge in [-0.1, -0.05) is 0 Å². The van der Waals surface area contributed by atoms with E-state index in [-0.39, 0.29) is 5.92 Å². The SMILES string of the molecule is CC(C(=O)NN)n1nc(C(F)(F)F)cc1C1CC1. The lowest BCUT2D eigenvalue weighted by Crippen LogP contribution is -2.36. The highest BCUT2D eigenvalue weighted by Crippen LogP contribution is 2.42. The minimum atomic E-state index is -4.51. The first kappa shape index (κ1) is 12.9. The third-order valence-electron chi connectivity index (χ3n) is 2.94. The fourth-order valence-corrected chi connectivity index (χ4v) is 1.77. The third kappa shape index (κ3) is 2.33. The third-order valence-corrected chi connectivity index (χ3v) is 2.94. The molecule has 1 aromatic heterocycles. The number of alkyl halides is 3. The molecule has 1 aromatic rings. The highest BCUT2D eigenvalue weighted by molar-refractivity contribution is 5.79. The van der Waals surface area contributed by atoms with Crippen molar-refractivity contribution in [3.63, 3.8) is 0 Å². The van der Waals surface area contributed by atoms with Crippen molar-refractivity contribution in [1.29, 1.82) is 0 Å². The van der Waals surface area contributed by atoms with Gasteiger partial charge in [-0.25, -0.2) is 5.84 Å². The van der Waals surface area contributed by atoms with Crippen molar-refractivity contribution in [2.45, 2.75) is 37.9 Å². The van der Waals surface area contributed by atoms with E-state index in [0.29, 0.717) is 5.69 Å². The van der Waals surface area contributed by atoms with E-state index in [0.717, 1.165) is 23.6 Å². The van der Waals surface area contributed by atoms with Crippen LogP contribution in [0.25, 0.3) is 0 Å². The fraction of sp³-hybridized carbons (Fsp3) is 0.600. The van der Waals surface area contributed by atoms with E-state index >= 15 is 0 Å². The number of amides is 1. The summed E-state index contributed by atoms with van der Waals surface area (Å²) in [5.41, 5.74) is 1.39. The van der Waals surface area contributed by atoms with Gasteiger partial charge >= 0.3 is 6.18 Å². The zero-order valence-corrected chi connectivity index (χ0v) is 9.66. The largest absolute Gasteiger partial charge is 0.435 e. The minimum Gasteiger partial charge on any atom is -0.292 e. The number of nitrogens with two attached hydrogens (primary N) is 1. The van der Waals surface area contributed by atoms with Crippen LogP contribution >= 0.6 is 0 Å². The minimum absolute atomic E-state index is 0.0571. The Morgan fingerprint density at radius 1 is 1.61 bits per heavy atom. The van der Waals surface area contributed by atoms with Crippen LogP contribution in [0.1, 0.15) is 43.1 Å². The monoisotopic (exact) mass is 262 g/mol. The second kappa shape index (κ2) is 4.27. The lowest BCUT2D eigenvalue weighted by molar-refractivity contribution is -0.142. The summed E-state index contributed by atoms with van der Waals surface area (Å²) in [5, 5.41) is 3.49. The predicted octanol–water partition coefficient (Wildman–Crippen LogP) is 1.33. The van der Waals surface area contributed by atoms with E-state index < -0.39 is 23.8 Å². The number of carbonyl (C=O) groups is 1. The van der Waals surface area contributed by atoms with Gasteiger partial charge in [0.15, 0.2) is 5.69 Å². The fourth-order valence-electron chi connectivity index (χ4n) is 1.77. The number of carbonyl (C=O) groups excluding carboxylic acids is 1. The molecule has 1 heterocycles. The van der Waals surface area contributed by atoms with Crippen molar-refractivity contribution in [1.82, 2.24) is 15.2 Å². The van der Waals surface area contributed by atoms with Gasteiger partial charge in [-0.05, 0) is 25.8 Å². The summed E-state index contributed by atoms with van der Waals surface area (Å²) in [5.74, 6) is 4.46. The molecule has 1 unspecified atom stereocenters. The number of nitrogens with zero attached hydrogens (tertiary/aromatic N) is 2. The van der Waals surface area contributed by atoms with Crippen LogP contribution in [0.4, 0.5) is 13.2 Å². The number of rotatable bonds is 3. The number of nitrogens with one attached hydrogen (secondary N) is 1. The summed E-state index contributed by atoms with van der Waals surface area (Å²) in [4.78, 5) is 11.4. The van der Waals surface area contributed by atoms with E-state index in [9.17, 15) is 18.0 Å². The van der Waals surface area contributed by atoms with Crippen molar-refractivity contribution < 1.29 is 18.0 Å². The van der Waals surface area contributed by atoms with Crippen LogP contribution in [0.15, 0.2) is 6.07 Å². The number of hydrazine groups is 1. The van der Waals surface area contributed by atoms with Crippen molar-refractivity contribution in [3.05, 3.63) is 17.5 Å². The Balaban J connectivity index is 2.38. The molecule has 1 atom stereocenters. The van der Waals surface area contributed by atoms with Gasteiger partial charge < -0.3 is 0 Å². The van der Waals surface area contributed by atoms with Crippen LogP contribution in [0.3, 0.4) is 0 Å². The highest BCUT2D eigenvalue weighted by atomic mass is 19.4. The highest BCUT2D eigenvalue weighted by Gasteiger charge is 2.39. The van der Waals surface area contributed by atoms with E-state index in [1.165, 1.54) is 6.92 Å². The normalized spacial score (nSPS) is 17.6. The molecule has 1 aliphatic carbocycles. The van der Waals surface area contributed by atoms with Crippen molar-refractivity contribution in [2.24, 2.45) is 5.84 Å². The summed E-state index contributed by atoms with van der Waals surface area (Å²) in [7, 11) is 0. The van der Waals surface area contributed by atoms with E-state index in [4.69, 9.17) is 5.84 Å². The Kier molecular flexibility index (Phi) is 3.05. The molecule has 1 amide bonds. The first-order valence-electron chi connectivity index (χ1n) is 5.51. The second-order valence-electron chi connectivity index (χ2n) is 4.36. The molecule has 3 N–H and O–H groups in total. The lowest BCUT2D eigenvalue weighted by atomic mass is 10.2. The maximum atomic E-state index is 12.6. The first-order chi connectivity index (χ1) is 8.34. The van der Waals surface area contributed by atoms with Crippen LogP contribution in [0.5, 0.6) is 0 Å². The van der Waals surface area contributed by atoms with Crippen LogP contribution in [-0.2, 0) is 11.0 Å². The van der Waals surface area contributed by atoms with Gasteiger partial charge in [0.2, 0.25) is 0 Å². The Morgan fingerprint density at radius 2 is 2.22 bits per heavy atom. The molecular formula is C10H13F3N4O. The van der Waals surface area contributed by atoms with Gasteiger partial charge in [0, 0.05) is 11.6 Å². The number of halogens is 3. The van der Waals surface area contributed by atoms with E-state index in [1.807, 2.05) is 5.43 Å². The molecule has 0 saturated heterocycles. The molecule has 0 radical (unpaired) electrons. The summed E-state index contributed by atoms with van der Waals surface area (Å²) < 4.78 is 38.9. The molecule has 18 heavy (non-hydrogen) atoms. The molecule has 0 bridgehead atoms. The zero-order valence-electron chi connectivity index (χ0n) is 9.66. The van der Waals surface area contributed by atoms with E-state index in [1.54, 1.807) is 0 Å². The smallest absolute Gasteiger partial charge is 0.292 e. The molecule has 0 aromatic carbocycles. The van der Waals surface area contributed by atoms with Crippen LogP contribution in [0, 0.1) is 0 Å². The Morgan fingerprint density at radius 3 is 2.67 bits per heavy atom. The number of aromatic nitrogens is 2. The van der Waals surface area contributed by atoms with Crippen molar-refractivity contribution >= 4 is 5.91 Å². The van der Waals surface area contributed by atoms with Gasteiger partial charge in [-0.2, -0.15) is 18.3 Å². The molecule has 0 aliphatic heterocycles. The predicted molar refractivity (Wildman–Crippen MR) is 56.2 cm³/mol. The van der Waals surface area contributed by atoms with Gasteiger partial charge in [-0.15, -0.1) is 0 Å².